The highest BCUT2D eigenvalue weighted by Crippen LogP contribution is 2.33. The number of hydrogen-bond acceptors (Lipinski definition) is 5. The van der Waals surface area contributed by atoms with Crippen molar-refractivity contribution in [1.29, 1.82) is 0 Å². The number of anilines is 2. The molecule has 1 fully saturated rings. The molecular formula is C29H32F4N4O3S. The molecule has 0 radical (unpaired) electrons. The van der Waals surface area contributed by atoms with E-state index in [2.05, 4.69) is 21.9 Å². The van der Waals surface area contributed by atoms with Gasteiger partial charge >= 0.3 is 6.18 Å². The van der Waals surface area contributed by atoms with Gasteiger partial charge < -0.3 is 10.2 Å². The van der Waals surface area contributed by atoms with E-state index in [1.165, 1.54) is 18.2 Å². The summed E-state index contributed by atoms with van der Waals surface area (Å²) in [5.74, 6) is -1.69. The van der Waals surface area contributed by atoms with Gasteiger partial charge in [0, 0.05) is 25.2 Å². The Morgan fingerprint density at radius 2 is 1.78 bits per heavy atom. The average Bonchev–Trinajstić information content (AvgIpc) is 2.89. The van der Waals surface area contributed by atoms with Crippen LogP contribution in [0.1, 0.15) is 53.6 Å². The Bertz CT molecular complexity index is 1520. The van der Waals surface area contributed by atoms with Crippen LogP contribution in [0.25, 0.3) is 0 Å². The van der Waals surface area contributed by atoms with Gasteiger partial charge in [0.1, 0.15) is 17.3 Å². The molecule has 0 spiro atoms. The fourth-order valence-electron chi connectivity index (χ4n) is 4.93. The molecule has 2 heterocycles. The molecule has 2 N–H and O–H groups in total. The van der Waals surface area contributed by atoms with Crippen LogP contribution in [-0.4, -0.2) is 38.7 Å². The Hall–Kier alpha value is -3.67. The first-order valence-electron chi connectivity index (χ1n) is 13.2. The van der Waals surface area contributed by atoms with Crippen LogP contribution in [0.2, 0.25) is 0 Å². The molecule has 4 rings (SSSR count). The molecule has 0 saturated carbocycles. The standard InChI is InChI=1S/C29H32F4N4O3S/c1-18-12-14-37(15-13-18)27-21(9-11-25(35-27)29(31,32)33)17-34-28(38)26(22-7-5-4-6-19(22)2)20-8-10-24(23(30)16-20)36-41(3,39)40/h4-11,16,18,26,36H,12-15,17H2,1-3H3,(H,34,38). The summed E-state index contributed by atoms with van der Waals surface area (Å²) in [4.78, 5) is 19.5. The van der Waals surface area contributed by atoms with Crippen LogP contribution >= 0.6 is 0 Å². The summed E-state index contributed by atoms with van der Waals surface area (Å²) in [6.07, 6.45) is -2.08. The number of aryl methyl sites for hydroxylation is 1. The molecule has 220 valence electrons. The number of carbonyl (C=O) groups is 1. The van der Waals surface area contributed by atoms with E-state index in [9.17, 15) is 30.8 Å². The van der Waals surface area contributed by atoms with Crippen LogP contribution in [0.15, 0.2) is 54.6 Å². The fraction of sp³-hybridized carbons (Fsp3) is 0.379. The van der Waals surface area contributed by atoms with Gasteiger partial charge in [0.05, 0.1) is 17.9 Å². The van der Waals surface area contributed by atoms with E-state index in [4.69, 9.17) is 0 Å². The summed E-state index contributed by atoms with van der Waals surface area (Å²) < 4.78 is 80.7. The van der Waals surface area contributed by atoms with Gasteiger partial charge in [0.25, 0.3) is 0 Å². The third-order valence-electron chi connectivity index (χ3n) is 7.17. The van der Waals surface area contributed by atoms with Crippen molar-refractivity contribution in [3.05, 3.63) is 88.4 Å². The topological polar surface area (TPSA) is 91.4 Å². The lowest BCUT2D eigenvalue weighted by molar-refractivity contribution is -0.141. The van der Waals surface area contributed by atoms with Crippen molar-refractivity contribution >= 4 is 27.4 Å². The Labute approximate surface area is 237 Å². The van der Waals surface area contributed by atoms with Crippen molar-refractivity contribution in [3.63, 3.8) is 0 Å². The predicted molar refractivity (Wildman–Crippen MR) is 150 cm³/mol. The summed E-state index contributed by atoms with van der Waals surface area (Å²) in [7, 11) is -3.73. The van der Waals surface area contributed by atoms with Crippen molar-refractivity contribution < 1.29 is 30.8 Å². The van der Waals surface area contributed by atoms with Crippen LogP contribution in [0.3, 0.4) is 0 Å². The molecule has 1 aliphatic rings. The number of halogens is 4. The summed E-state index contributed by atoms with van der Waals surface area (Å²) in [5, 5.41) is 2.82. The van der Waals surface area contributed by atoms with Crippen LogP contribution in [0, 0.1) is 18.7 Å². The second-order valence-corrected chi connectivity index (χ2v) is 12.2. The minimum absolute atomic E-state index is 0.0933. The van der Waals surface area contributed by atoms with E-state index in [0.717, 1.165) is 36.8 Å². The SMILES string of the molecule is Cc1ccccc1C(C(=O)NCc1ccc(C(F)(F)F)nc1N1CCC(C)CC1)c1ccc(NS(C)(=O)=O)c(F)c1. The largest absolute Gasteiger partial charge is 0.433 e. The zero-order valence-corrected chi connectivity index (χ0v) is 23.7. The molecule has 2 aromatic carbocycles. The second-order valence-electron chi connectivity index (χ2n) is 10.5. The lowest BCUT2D eigenvalue weighted by Gasteiger charge is -2.33. The van der Waals surface area contributed by atoms with Crippen molar-refractivity contribution in [2.24, 2.45) is 5.92 Å². The van der Waals surface area contributed by atoms with Gasteiger partial charge in [-0.1, -0.05) is 43.3 Å². The third kappa shape index (κ3) is 7.55. The maximum atomic E-state index is 14.9. The second kappa shape index (κ2) is 12.1. The van der Waals surface area contributed by atoms with E-state index >= 15 is 0 Å². The molecule has 41 heavy (non-hydrogen) atoms. The number of aromatic nitrogens is 1. The Morgan fingerprint density at radius 1 is 1.10 bits per heavy atom. The molecule has 1 amide bonds. The number of rotatable bonds is 8. The molecule has 1 unspecified atom stereocenters. The number of nitrogens with zero attached hydrogens (tertiary/aromatic N) is 2. The molecule has 1 atom stereocenters. The molecular weight excluding hydrogens is 560 g/mol. The number of piperidine rings is 1. The Kier molecular flexibility index (Phi) is 8.91. The quantitative estimate of drug-likeness (QED) is 0.332. The Morgan fingerprint density at radius 3 is 2.39 bits per heavy atom. The molecule has 3 aromatic rings. The molecule has 0 bridgehead atoms. The fourth-order valence-corrected chi connectivity index (χ4v) is 5.49. The van der Waals surface area contributed by atoms with Crippen molar-refractivity contribution in [2.45, 2.75) is 45.3 Å². The number of sulfonamides is 1. The van der Waals surface area contributed by atoms with Gasteiger partial charge in [0.15, 0.2) is 0 Å². The highest BCUT2D eigenvalue weighted by molar-refractivity contribution is 7.92. The van der Waals surface area contributed by atoms with E-state index < -0.39 is 39.5 Å². The minimum atomic E-state index is -4.61. The first-order chi connectivity index (χ1) is 19.2. The molecule has 1 saturated heterocycles. The predicted octanol–water partition coefficient (Wildman–Crippen LogP) is 5.60. The molecule has 1 aliphatic heterocycles. The van der Waals surface area contributed by atoms with Crippen LogP contribution in [0.5, 0.6) is 0 Å². The first-order valence-corrected chi connectivity index (χ1v) is 15.0. The van der Waals surface area contributed by atoms with Gasteiger partial charge in [-0.15, -0.1) is 0 Å². The number of pyridine rings is 1. The van der Waals surface area contributed by atoms with Gasteiger partial charge in [-0.2, -0.15) is 13.2 Å². The highest BCUT2D eigenvalue weighted by atomic mass is 32.2. The molecule has 0 aliphatic carbocycles. The number of nitrogens with one attached hydrogen (secondary N) is 2. The van der Waals surface area contributed by atoms with Crippen LogP contribution < -0.4 is 14.9 Å². The van der Waals surface area contributed by atoms with Gasteiger partial charge in [-0.05, 0) is 60.6 Å². The number of carbonyl (C=O) groups excluding carboxylic acids is 1. The number of hydrogen-bond donors (Lipinski definition) is 2. The van der Waals surface area contributed by atoms with E-state index in [1.54, 1.807) is 31.2 Å². The molecule has 7 nitrogen and oxygen atoms in total. The van der Waals surface area contributed by atoms with Crippen LogP contribution in [-0.2, 0) is 27.5 Å². The summed E-state index contributed by atoms with van der Waals surface area (Å²) in [5.41, 5.74) is 0.830. The lowest BCUT2D eigenvalue weighted by Crippen LogP contribution is -2.36. The van der Waals surface area contributed by atoms with Crippen molar-refractivity contribution in [1.82, 2.24) is 10.3 Å². The smallest absolute Gasteiger partial charge is 0.356 e. The third-order valence-corrected chi connectivity index (χ3v) is 7.76. The van der Waals surface area contributed by atoms with Gasteiger partial charge in [-0.3, -0.25) is 9.52 Å². The number of benzene rings is 2. The van der Waals surface area contributed by atoms with Gasteiger partial charge in [-0.25, -0.2) is 17.8 Å². The maximum absolute atomic E-state index is 14.9. The number of amides is 1. The van der Waals surface area contributed by atoms with Crippen LogP contribution in [0.4, 0.5) is 29.1 Å². The molecule has 12 heteroatoms. The van der Waals surface area contributed by atoms with E-state index in [1.807, 2.05) is 4.90 Å². The Balaban J connectivity index is 1.66. The first kappa shape index (κ1) is 30.3. The van der Waals surface area contributed by atoms with Crippen molar-refractivity contribution in [3.8, 4) is 0 Å². The monoisotopic (exact) mass is 592 g/mol. The number of alkyl halides is 3. The van der Waals surface area contributed by atoms with Gasteiger partial charge in [0.2, 0.25) is 15.9 Å². The van der Waals surface area contributed by atoms with E-state index in [0.29, 0.717) is 30.1 Å². The summed E-state index contributed by atoms with van der Waals surface area (Å²) in [6, 6.07) is 13.1. The minimum Gasteiger partial charge on any atom is -0.356 e. The summed E-state index contributed by atoms with van der Waals surface area (Å²) in [6.45, 7) is 4.91. The highest BCUT2D eigenvalue weighted by Gasteiger charge is 2.34. The molecule has 1 aromatic heterocycles. The average molecular weight is 593 g/mol. The summed E-state index contributed by atoms with van der Waals surface area (Å²) >= 11 is 0. The van der Waals surface area contributed by atoms with Crippen molar-refractivity contribution in [2.75, 3.05) is 29.0 Å². The zero-order chi connectivity index (χ0) is 29.9. The lowest BCUT2D eigenvalue weighted by atomic mass is 9.87. The van der Waals surface area contributed by atoms with E-state index in [-0.39, 0.29) is 23.6 Å². The normalized spacial score (nSPS) is 15.4. The zero-order valence-electron chi connectivity index (χ0n) is 22.9. The maximum Gasteiger partial charge on any atom is 0.433 e.